The van der Waals surface area contributed by atoms with Crippen molar-refractivity contribution in [3.63, 3.8) is 0 Å². The average Bonchev–Trinajstić information content (AvgIpc) is 2.84. The number of rotatable bonds is 6. The Bertz CT molecular complexity index is 562. The Balaban J connectivity index is 2.22. The molecular formula is C14H18N4O. The summed E-state index contributed by atoms with van der Waals surface area (Å²) in [7, 11) is 1.68. The molecular weight excluding hydrogens is 240 g/mol. The van der Waals surface area contributed by atoms with E-state index < -0.39 is 0 Å². The Kier molecular flexibility index (Phi) is 4.30. The van der Waals surface area contributed by atoms with Gasteiger partial charge in [-0.1, -0.05) is 24.3 Å². The standard InChI is InChI=1S/C14H18N4O/c1-19-9-6-13-17-7-8-18(13)10-11-4-2-3-5-12(11)14(15)16/h2-5,7-8H,6,9-10H2,1H3,(H3,15,16). The van der Waals surface area contributed by atoms with Gasteiger partial charge < -0.3 is 15.0 Å². The van der Waals surface area contributed by atoms with Crippen LogP contribution in [0.3, 0.4) is 0 Å². The van der Waals surface area contributed by atoms with Crippen molar-refractivity contribution >= 4 is 5.84 Å². The van der Waals surface area contributed by atoms with Crippen molar-refractivity contribution in [2.75, 3.05) is 13.7 Å². The number of hydrogen-bond acceptors (Lipinski definition) is 3. The predicted octanol–water partition coefficient (Wildman–Crippen LogP) is 1.40. The molecule has 2 rings (SSSR count). The van der Waals surface area contributed by atoms with Gasteiger partial charge in [0, 0.05) is 38.0 Å². The fourth-order valence-corrected chi connectivity index (χ4v) is 2.01. The number of imidazole rings is 1. The third-order valence-corrected chi connectivity index (χ3v) is 2.98. The summed E-state index contributed by atoms with van der Waals surface area (Å²) in [5, 5.41) is 7.60. The van der Waals surface area contributed by atoms with Crippen LogP contribution in [0, 0.1) is 5.41 Å². The Hall–Kier alpha value is -2.14. The van der Waals surface area contributed by atoms with E-state index in [2.05, 4.69) is 9.55 Å². The number of hydrogen-bond donors (Lipinski definition) is 2. The van der Waals surface area contributed by atoms with Gasteiger partial charge in [0.05, 0.1) is 6.61 Å². The molecule has 1 heterocycles. The molecule has 19 heavy (non-hydrogen) atoms. The van der Waals surface area contributed by atoms with E-state index in [1.807, 2.05) is 30.5 Å². The molecule has 0 aliphatic heterocycles. The van der Waals surface area contributed by atoms with Gasteiger partial charge >= 0.3 is 0 Å². The number of nitrogens with two attached hydrogens (primary N) is 1. The van der Waals surface area contributed by atoms with Gasteiger partial charge in [0.15, 0.2) is 0 Å². The molecule has 0 saturated carbocycles. The van der Waals surface area contributed by atoms with Crippen LogP contribution >= 0.6 is 0 Å². The second kappa shape index (κ2) is 6.15. The van der Waals surface area contributed by atoms with Gasteiger partial charge in [-0.2, -0.15) is 0 Å². The lowest BCUT2D eigenvalue weighted by Crippen LogP contribution is -2.16. The molecule has 2 aromatic rings. The van der Waals surface area contributed by atoms with E-state index in [9.17, 15) is 0 Å². The van der Waals surface area contributed by atoms with Crippen molar-refractivity contribution in [3.8, 4) is 0 Å². The molecule has 5 heteroatoms. The maximum atomic E-state index is 7.60. The van der Waals surface area contributed by atoms with Crippen LogP contribution in [0.1, 0.15) is 17.0 Å². The average molecular weight is 258 g/mol. The van der Waals surface area contributed by atoms with Gasteiger partial charge in [-0.05, 0) is 5.56 Å². The largest absolute Gasteiger partial charge is 0.384 e. The summed E-state index contributed by atoms with van der Waals surface area (Å²) in [5.41, 5.74) is 7.39. The summed E-state index contributed by atoms with van der Waals surface area (Å²) in [6.07, 6.45) is 4.48. The molecule has 5 nitrogen and oxygen atoms in total. The number of nitrogens with zero attached hydrogens (tertiary/aromatic N) is 2. The normalized spacial score (nSPS) is 10.6. The summed E-state index contributed by atoms with van der Waals surface area (Å²) in [6.45, 7) is 1.31. The Morgan fingerprint density at radius 2 is 2.21 bits per heavy atom. The first-order valence-electron chi connectivity index (χ1n) is 6.13. The van der Waals surface area contributed by atoms with Gasteiger partial charge in [-0.25, -0.2) is 4.98 Å². The molecule has 0 aliphatic carbocycles. The van der Waals surface area contributed by atoms with Crippen LogP contribution in [0.5, 0.6) is 0 Å². The lowest BCUT2D eigenvalue weighted by atomic mass is 10.1. The molecule has 1 aromatic carbocycles. The van der Waals surface area contributed by atoms with Crippen molar-refractivity contribution in [2.45, 2.75) is 13.0 Å². The summed E-state index contributed by atoms with van der Waals surface area (Å²) < 4.78 is 7.13. The smallest absolute Gasteiger partial charge is 0.123 e. The molecule has 0 aliphatic rings. The van der Waals surface area contributed by atoms with Crippen molar-refractivity contribution in [1.82, 2.24) is 9.55 Å². The van der Waals surface area contributed by atoms with E-state index in [0.717, 1.165) is 23.4 Å². The van der Waals surface area contributed by atoms with Crippen molar-refractivity contribution in [1.29, 1.82) is 5.41 Å². The zero-order valence-electron chi connectivity index (χ0n) is 11.0. The molecule has 100 valence electrons. The summed E-state index contributed by atoms with van der Waals surface area (Å²) >= 11 is 0. The van der Waals surface area contributed by atoms with Crippen molar-refractivity contribution < 1.29 is 4.74 Å². The molecule has 0 amide bonds. The van der Waals surface area contributed by atoms with E-state index in [1.165, 1.54) is 0 Å². The van der Waals surface area contributed by atoms with Gasteiger partial charge in [-0.15, -0.1) is 0 Å². The molecule has 0 fully saturated rings. The maximum Gasteiger partial charge on any atom is 0.123 e. The first kappa shape index (κ1) is 13.3. The summed E-state index contributed by atoms with van der Waals surface area (Å²) in [4.78, 5) is 4.32. The first-order valence-corrected chi connectivity index (χ1v) is 6.13. The van der Waals surface area contributed by atoms with Gasteiger partial charge in [0.1, 0.15) is 11.7 Å². The molecule has 1 aromatic heterocycles. The highest BCUT2D eigenvalue weighted by Crippen LogP contribution is 2.11. The lowest BCUT2D eigenvalue weighted by molar-refractivity contribution is 0.199. The van der Waals surface area contributed by atoms with Gasteiger partial charge in [0.25, 0.3) is 0 Å². The Morgan fingerprint density at radius 1 is 1.42 bits per heavy atom. The SMILES string of the molecule is COCCc1nccn1Cc1ccccc1C(=N)N. The third-order valence-electron chi connectivity index (χ3n) is 2.98. The third kappa shape index (κ3) is 3.20. The summed E-state index contributed by atoms with van der Waals surface area (Å²) in [6, 6.07) is 7.69. The number of benzene rings is 1. The van der Waals surface area contributed by atoms with E-state index in [4.69, 9.17) is 15.9 Å². The highest BCUT2D eigenvalue weighted by atomic mass is 16.5. The fourth-order valence-electron chi connectivity index (χ4n) is 2.01. The van der Waals surface area contributed by atoms with E-state index in [-0.39, 0.29) is 5.84 Å². The second-order valence-corrected chi connectivity index (χ2v) is 4.28. The van der Waals surface area contributed by atoms with Gasteiger partial charge in [-0.3, -0.25) is 5.41 Å². The molecule has 3 N–H and O–H groups in total. The minimum absolute atomic E-state index is 0.0918. The highest BCUT2D eigenvalue weighted by molar-refractivity contribution is 5.96. The number of nitrogens with one attached hydrogen (secondary N) is 1. The topological polar surface area (TPSA) is 76.9 Å². The lowest BCUT2D eigenvalue weighted by Gasteiger charge is -2.11. The molecule has 0 spiro atoms. The van der Waals surface area contributed by atoms with E-state index >= 15 is 0 Å². The monoisotopic (exact) mass is 258 g/mol. The van der Waals surface area contributed by atoms with Crippen LogP contribution in [0.2, 0.25) is 0 Å². The van der Waals surface area contributed by atoms with Crippen LogP contribution < -0.4 is 5.73 Å². The van der Waals surface area contributed by atoms with Crippen LogP contribution in [-0.4, -0.2) is 29.1 Å². The Labute approximate surface area is 112 Å². The summed E-state index contributed by atoms with van der Waals surface area (Å²) in [5.74, 6) is 1.06. The quantitative estimate of drug-likeness (QED) is 0.607. The van der Waals surface area contributed by atoms with E-state index in [0.29, 0.717) is 13.2 Å². The van der Waals surface area contributed by atoms with Crippen LogP contribution in [0.25, 0.3) is 0 Å². The molecule has 0 saturated heterocycles. The minimum Gasteiger partial charge on any atom is -0.384 e. The number of nitrogen functional groups attached to an aromatic ring is 1. The van der Waals surface area contributed by atoms with Crippen LogP contribution in [0.4, 0.5) is 0 Å². The highest BCUT2D eigenvalue weighted by Gasteiger charge is 2.08. The fraction of sp³-hybridized carbons (Fsp3) is 0.286. The zero-order valence-corrected chi connectivity index (χ0v) is 11.0. The van der Waals surface area contributed by atoms with Crippen molar-refractivity contribution in [3.05, 3.63) is 53.6 Å². The Morgan fingerprint density at radius 3 is 2.95 bits per heavy atom. The molecule has 0 atom stereocenters. The molecule has 0 radical (unpaired) electrons. The van der Waals surface area contributed by atoms with E-state index in [1.54, 1.807) is 13.3 Å². The minimum atomic E-state index is 0.0918. The van der Waals surface area contributed by atoms with Crippen LogP contribution in [-0.2, 0) is 17.7 Å². The number of amidine groups is 1. The number of methoxy groups -OCH3 is 1. The predicted molar refractivity (Wildman–Crippen MR) is 74.4 cm³/mol. The first-order chi connectivity index (χ1) is 9.22. The molecule has 0 bridgehead atoms. The zero-order chi connectivity index (χ0) is 13.7. The molecule has 0 unspecified atom stereocenters. The maximum absolute atomic E-state index is 7.60. The second-order valence-electron chi connectivity index (χ2n) is 4.28. The van der Waals surface area contributed by atoms with Crippen LogP contribution in [0.15, 0.2) is 36.7 Å². The van der Waals surface area contributed by atoms with Crippen molar-refractivity contribution in [2.24, 2.45) is 5.73 Å². The number of aromatic nitrogens is 2. The number of ether oxygens (including phenoxy) is 1. The van der Waals surface area contributed by atoms with Gasteiger partial charge in [0.2, 0.25) is 0 Å².